The summed E-state index contributed by atoms with van der Waals surface area (Å²) >= 11 is 1.35. The molecule has 2 unspecified atom stereocenters. The van der Waals surface area contributed by atoms with E-state index in [4.69, 9.17) is 4.74 Å². The second-order valence-corrected chi connectivity index (χ2v) is 7.39. The zero-order valence-electron chi connectivity index (χ0n) is 13.8. The summed E-state index contributed by atoms with van der Waals surface area (Å²) < 4.78 is 10.6. The van der Waals surface area contributed by atoms with Gasteiger partial charge in [-0.3, -0.25) is 4.79 Å². The summed E-state index contributed by atoms with van der Waals surface area (Å²) in [7, 11) is 3.85. The quantitative estimate of drug-likeness (QED) is 0.905. The van der Waals surface area contributed by atoms with E-state index in [-0.39, 0.29) is 24.4 Å². The van der Waals surface area contributed by atoms with Crippen molar-refractivity contribution in [2.75, 3.05) is 14.2 Å². The molecule has 0 spiro atoms. The fourth-order valence-electron chi connectivity index (χ4n) is 3.99. The van der Waals surface area contributed by atoms with Crippen LogP contribution in [0.15, 0.2) is 18.2 Å². The van der Waals surface area contributed by atoms with Crippen LogP contribution in [0.1, 0.15) is 36.2 Å². The first-order valence-corrected chi connectivity index (χ1v) is 8.89. The van der Waals surface area contributed by atoms with E-state index in [1.807, 2.05) is 18.2 Å². The summed E-state index contributed by atoms with van der Waals surface area (Å²) in [5.41, 5.74) is 0.541. The zero-order valence-corrected chi connectivity index (χ0v) is 15.5. The Balaban J connectivity index is 0.00000169. The van der Waals surface area contributed by atoms with Crippen LogP contribution in [0.5, 0.6) is 5.75 Å². The molecule has 3 heterocycles. The van der Waals surface area contributed by atoms with Crippen molar-refractivity contribution in [3.63, 3.8) is 0 Å². The highest BCUT2D eigenvalue weighted by Crippen LogP contribution is 2.34. The van der Waals surface area contributed by atoms with Gasteiger partial charge in [-0.15, -0.1) is 12.4 Å². The molecule has 2 fully saturated rings. The monoisotopic (exact) mass is 367 g/mol. The second kappa shape index (κ2) is 6.86. The molecule has 0 radical (unpaired) electrons. The van der Waals surface area contributed by atoms with Crippen molar-refractivity contribution < 1.29 is 9.53 Å². The molecular formula is C17H22ClN3O2S. The van der Waals surface area contributed by atoms with E-state index < -0.39 is 0 Å². The molecule has 0 saturated carbocycles. The van der Waals surface area contributed by atoms with Crippen LogP contribution in [-0.4, -0.2) is 47.5 Å². The van der Waals surface area contributed by atoms with Crippen LogP contribution in [0.2, 0.25) is 0 Å². The van der Waals surface area contributed by atoms with Crippen molar-refractivity contribution in [3.05, 3.63) is 23.9 Å². The van der Waals surface area contributed by atoms with Crippen molar-refractivity contribution in [3.8, 4) is 5.75 Å². The van der Waals surface area contributed by atoms with Crippen molar-refractivity contribution in [1.82, 2.24) is 14.6 Å². The third kappa shape index (κ3) is 2.98. The van der Waals surface area contributed by atoms with Crippen molar-refractivity contribution in [2.24, 2.45) is 0 Å². The first-order valence-electron chi connectivity index (χ1n) is 8.12. The van der Waals surface area contributed by atoms with E-state index >= 15 is 0 Å². The van der Waals surface area contributed by atoms with Gasteiger partial charge in [0.25, 0.3) is 5.91 Å². The number of amides is 1. The van der Waals surface area contributed by atoms with Crippen molar-refractivity contribution in [1.29, 1.82) is 0 Å². The molecule has 2 atom stereocenters. The standard InChI is InChI=1S/C17H21N3O2S.ClH/c1-20-11-3-4-12(20)8-10(7-11)18-17(21)16-14-6-5-13(22-2)9-15(14)23-19-16;/h5-6,9-12H,3-4,7-8H2,1-2H3,(H,18,21);1H. The molecule has 2 saturated heterocycles. The molecule has 2 aliphatic rings. The molecule has 1 aromatic carbocycles. The van der Waals surface area contributed by atoms with Gasteiger partial charge in [0.1, 0.15) is 11.4 Å². The highest BCUT2D eigenvalue weighted by atomic mass is 35.5. The number of hydrogen-bond acceptors (Lipinski definition) is 5. The van der Waals surface area contributed by atoms with Crippen molar-refractivity contribution in [2.45, 2.75) is 43.8 Å². The van der Waals surface area contributed by atoms with Crippen LogP contribution < -0.4 is 10.1 Å². The SMILES string of the molecule is COc1ccc2c(C(=O)NC3CC4CCC(C3)N4C)nsc2c1.Cl. The maximum atomic E-state index is 12.6. The van der Waals surface area contributed by atoms with Crippen molar-refractivity contribution >= 4 is 39.9 Å². The Morgan fingerprint density at radius 2 is 2.04 bits per heavy atom. The van der Waals surface area contributed by atoms with Crippen LogP contribution in [0.25, 0.3) is 10.1 Å². The number of carbonyl (C=O) groups is 1. The lowest BCUT2D eigenvalue weighted by Crippen LogP contribution is -2.48. The van der Waals surface area contributed by atoms with Gasteiger partial charge >= 0.3 is 0 Å². The molecule has 2 aliphatic heterocycles. The van der Waals surface area contributed by atoms with E-state index in [1.54, 1.807) is 7.11 Å². The zero-order chi connectivity index (χ0) is 16.0. The van der Waals surface area contributed by atoms with Gasteiger partial charge in [0.05, 0.1) is 11.8 Å². The molecule has 2 bridgehead atoms. The second-order valence-electron chi connectivity index (χ2n) is 6.59. The molecular weight excluding hydrogens is 346 g/mol. The molecule has 24 heavy (non-hydrogen) atoms. The third-order valence-corrected chi connectivity index (χ3v) is 6.14. The van der Waals surface area contributed by atoms with Gasteiger partial charge in [0.2, 0.25) is 0 Å². The first-order chi connectivity index (χ1) is 11.2. The van der Waals surface area contributed by atoms with Gasteiger partial charge in [-0.25, -0.2) is 0 Å². The predicted molar refractivity (Wildman–Crippen MR) is 98.5 cm³/mol. The lowest BCUT2D eigenvalue weighted by molar-refractivity contribution is 0.0880. The Kier molecular flexibility index (Phi) is 4.99. The number of piperidine rings is 1. The van der Waals surface area contributed by atoms with Crippen LogP contribution in [-0.2, 0) is 0 Å². The first kappa shape index (κ1) is 17.5. The fourth-order valence-corrected chi connectivity index (χ4v) is 4.79. The average molecular weight is 368 g/mol. The number of aromatic nitrogens is 1. The number of hydrogen-bond donors (Lipinski definition) is 1. The summed E-state index contributed by atoms with van der Waals surface area (Å²) in [6.07, 6.45) is 4.61. The number of methoxy groups -OCH3 is 1. The highest BCUT2D eigenvalue weighted by molar-refractivity contribution is 7.13. The summed E-state index contributed by atoms with van der Waals surface area (Å²) in [5.74, 6) is 0.746. The number of fused-ring (bicyclic) bond motifs is 3. The van der Waals surface area contributed by atoms with E-state index in [1.165, 1.54) is 24.4 Å². The van der Waals surface area contributed by atoms with E-state index in [0.29, 0.717) is 17.8 Å². The third-order valence-electron chi connectivity index (χ3n) is 5.33. The largest absolute Gasteiger partial charge is 0.497 e. The molecule has 2 aromatic rings. The van der Waals surface area contributed by atoms with E-state index in [2.05, 4.69) is 21.6 Å². The molecule has 7 heteroatoms. The fraction of sp³-hybridized carbons (Fsp3) is 0.529. The average Bonchev–Trinajstić information content (AvgIpc) is 3.04. The molecule has 1 N–H and O–H groups in total. The number of ether oxygens (including phenoxy) is 1. The maximum Gasteiger partial charge on any atom is 0.271 e. The smallest absolute Gasteiger partial charge is 0.271 e. The van der Waals surface area contributed by atoms with Gasteiger partial charge in [0.15, 0.2) is 0 Å². The van der Waals surface area contributed by atoms with Gasteiger partial charge in [0, 0.05) is 23.5 Å². The topological polar surface area (TPSA) is 54.5 Å². The van der Waals surface area contributed by atoms with Gasteiger partial charge in [-0.2, -0.15) is 4.37 Å². The van der Waals surface area contributed by atoms with Gasteiger partial charge in [-0.1, -0.05) is 0 Å². The molecule has 4 rings (SSSR count). The Morgan fingerprint density at radius 3 is 2.71 bits per heavy atom. The number of rotatable bonds is 3. The predicted octanol–water partition coefficient (Wildman–Crippen LogP) is 3.08. The van der Waals surface area contributed by atoms with Gasteiger partial charge < -0.3 is 15.0 Å². The lowest BCUT2D eigenvalue weighted by atomic mass is 9.98. The number of halogens is 1. The molecule has 5 nitrogen and oxygen atoms in total. The van der Waals surface area contributed by atoms with E-state index in [9.17, 15) is 4.79 Å². The Hall–Kier alpha value is -1.37. The lowest BCUT2D eigenvalue weighted by Gasteiger charge is -2.36. The van der Waals surface area contributed by atoms with Gasteiger partial charge in [-0.05, 0) is 62.5 Å². The Labute approximate surface area is 151 Å². The normalized spacial score (nSPS) is 26.2. The van der Waals surface area contributed by atoms with Crippen LogP contribution >= 0.6 is 23.9 Å². The Bertz CT molecular complexity index is 737. The van der Waals surface area contributed by atoms with Crippen LogP contribution in [0, 0.1) is 0 Å². The number of nitrogens with zero attached hydrogens (tertiary/aromatic N) is 2. The maximum absolute atomic E-state index is 12.6. The number of nitrogens with one attached hydrogen (secondary N) is 1. The highest BCUT2D eigenvalue weighted by Gasteiger charge is 2.39. The summed E-state index contributed by atoms with van der Waals surface area (Å²) in [6, 6.07) is 7.24. The Morgan fingerprint density at radius 1 is 1.33 bits per heavy atom. The van der Waals surface area contributed by atoms with Crippen LogP contribution in [0.4, 0.5) is 0 Å². The summed E-state index contributed by atoms with van der Waals surface area (Å²) in [5, 5.41) is 4.12. The molecule has 1 amide bonds. The van der Waals surface area contributed by atoms with Crippen LogP contribution in [0.3, 0.4) is 0 Å². The minimum atomic E-state index is -0.0460. The summed E-state index contributed by atoms with van der Waals surface area (Å²) in [4.78, 5) is 15.1. The van der Waals surface area contributed by atoms with E-state index in [0.717, 1.165) is 28.7 Å². The minimum Gasteiger partial charge on any atom is -0.497 e. The number of carbonyl (C=O) groups excluding carboxylic acids is 1. The summed E-state index contributed by atoms with van der Waals surface area (Å²) in [6.45, 7) is 0. The number of benzene rings is 1. The molecule has 0 aliphatic carbocycles. The minimum absolute atomic E-state index is 0. The molecule has 1 aromatic heterocycles. The molecule has 130 valence electrons.